The van der Waals surface area contributed by atoms with Crippen LogP contribution in [0.15, 0.2) is 30.5 Å². The molecule has 21 heavy (non-hydrogen) atoms. The summed E-state index contributed by atoms with van der Waals surface area (Å²) in [7, 11) is 0. The maximum absolute atomic E-state index is 11.9. The molecule has 0 unspecified atom stereocenters. The predicted molar refractivity (Wildman–Crippen MR) is 82.8 cm³/mol. The van der Waals surface area contributed by atoms with Crippen LogP contribution in [-0.2, 0) is 11.2 Å². The molecule has 0 saturated heterocycles. The number of hydrogen-bond donors (Lipinski definition) is 0. The third-order valence-electron chi connectivity index (χ3n) is 3.17. The van der Waals surface area contributed by atoms with E-state index in [0.29, 0.717) is 18.2 Å². The fraction of sp³-hybridized carbons (Fsp3) is 0.412. The van der Waals surface area contributed by atoms with Crippen LogP contribution in [0.25, 0.3) is 5.69 Å². The summed E-state index contributed by atoms with van der Waals surface area (Å²) in [5.41, 5.74) is 2.59. The molecule has 0 amide bonds. The number of rotatable bonds is 5. The van der Waals surface area contributed by atoms with Gasteiger partial charge in [-0.15, -0.1) is 0 Å². The maximum atomic E-state index is 11.9. The van der Waals surface area contributed by atoms with E-state index in [1.54, 1.807) is 13.1 Å². The van der Waals surface area contributed by atoms with Crippen LogP contribution >= 0.6 is 0 Å². The first-order chi connectivity index (χ1) is 10.0. The van der Waals surface area contributed by atoms with Gasteiger partial charge in [0, 0.05) is 18.3 Å². The van der Waals surface area contributed by atoms with Crippen LogP contribution in [0.5, 0.6) is 0 Å². The van der Waals surface area contributed by atoms with Gasteiger partial charge in [0.25, 0.3) is 0 Å². The number of ether oxygens (including phenoxy) is 1. The second kappa shape index (κ2) is 6.57. The number of benzene rings is 1. The van der Waals surface area contributed by atoms with Gasteiger partial charge in [0.05, 0.1) is 6.61 Å². The SMILES string of the molecule is CCOC(=O)c1cn(-c2ccc(C)cc2)c(CC(C)C)n1. The Balaban J connectivity index is 2.41. The highest BCUT2D eigenvalue weighted by Gasteiger charge is 2.16. The van der Waals surface area contributed by atoms with Crippen LogP contribution in [-0.4, -0.2) is 22.1 Å². The van der Waals surface area contributed by atoms with Gasteiger partial charge in [-0.25, -0.2) is 9.78 Å². The number of carbonyl (C=O) groups is 1. The summed E-state index contributed by atoms with van der Waals surface area (Å²) in [5, 5.41) is 0. The van der Waals surface area contributed by atoms with Crippen LogP contribution in [0.1, 0.15) is 42.6 Å². The van der Waals surface area contributed by atoms with Crippen molar-refractivity contribution in [1.29, 1.82) is 0 Å². The molecular weight excluding hydrogens is 264 g/mol. The molecule has 0 atom stereocenters. The topological polar surface area (TPSA) is 44.1 Å². The lowest BCUT2D eigenvalue weighted by Crippen LogP contribution is -2.05. The molecule has 0 saturated carbocycles. The quantitative estimate of drug-likeness (QED) is 0.789. The van der Waals surface area contributed by atoms with Gasteiger partial charge in [-0.2, -0.15) is 0 Å². The molecule has 0 aliphatic heterocycles. The summed E-state index contributed by atoms with van der Waals surface area (Å²) in [5.74, 6) is 0.983. The first kappa shape index (κ1) is 15.3. The maximum Gasteiger partial charge on any atom is 0.358 e. The zero-order chi connectivity index (χ0) is 15.4. The number of hydrogen-bond acceptors (Lipinski definition) is 3. The van der Waals surface area contributed by atoms with E-state index in [4.69, 9.17) is 4.74 Å². The van der Waals surface area contributed by atoms with Gasteiger partial charge < -0.3 is 9.30 Å². The van der Waals surface area contributed by atoms with E-state index in [2.05, 4.69) is 37.9 Å². The molecule has 2 aromatic rings. The summed E-state index contributed by atoms with van der Waals surface area (Å²) in [6.07, 6.45) is 2.58. The first-order valence-corrected chi connectivity index (χ1v) is 7.33. The second-order valence-electron chi connectivity index (χ2n) is 5.57. The van der Waals surface area contributed by atoms with Crippen molar-refractivity contribution in [2.75, 3.05) is 6.61 Å². The van der Waals surface area contributed by atoms with Gasteiger partial charge >= 0.3 is 5.97 Å². The molecular formula is C17H22N2O2. The Kier molecular flexibility index (Phi) is 4.78. The van der Waals surface area contributed by atoms with Crippen molar-refractivity contribution in [2.24, 2.45) is 5.92 Å². The van der Waals surface area contributed by atoms with Gasteiger partial charge in [-0.3, -0.25) is 0 Å². The molecule has 0 N–H and O–H groups in total. The van der Waals surface area contributed by atoms with E-state index in [0.717, 1.165) is 17.9 Å². The van der Waals surface area contributed by atoms with Crippen LogP contribution in [0.4, 0.5) is 0 Å². The first-order valence-electron chi connectivity index (χ1n) is 7.33. The van der Waals surface area contributed by atoms with Crippen molar-refractivity contribution in [2.45, 2.75) is 34.1 Å². The van der Waals surface area contributed by atoms with Crippen molar-refractivity contribution in [3.8, 4) is 5.69 Å². The molecule has 1 aromatic carbocycles. The zero-order valence-corrected chi connectivity index (χ0v) is 13.1. The van der Waals surface area contributed by atoms with Crippen molar-refractivity contribution in [3.63, 3.8) is 0 Å². The predicted octanol–water partition coefficient (Wildman–Crippen LogP) is 3.56. The smallest absolute Gasteiger partial charge is 0.358 e. The summed E-state index contributed by atoms with van der Waals surface area (Å²) in [6.45, 7) is 8.48. The fourth-order valence-corrected chi connectivity index (χ4v) is 2.16. The Bertz CT molecular complexity index is 612. The van der Waals surface area contributed by atoms with Crippen LogP contribution < -0.4 is 0 Å². The highest BCUT2D eigenvalue weighted by molar-refractivity contribution is 5.87. The monoisotopic (exact) mass is 286 g/mol. The normalized spacial score (nSPS) is 10.9. The van der Waals surface area contributed by atoms with Crippen molar-refractivity contribution in [1.82, 2.24) is 9.55 Å². The Morgan fingerprint density at radius 1 is 1.29 bits per heavy atom. The molecule has 112 valence electrons. The molecule has 4 heteroatoms. The summed E-state index contributed by atoms with van der Waals surface area (Å²) in [6, 6.07) is 8.18. The molecule has 0 spiro atoms. The third-order valence-corrected chi connectivity index (χ3v) is 3.17. The molecule has 0 aliphatic carbocycles. The third kappa shape index (κ3) is 3.72. The molecule has 2 rings (SSSR count). The number of aromatic nitrogens is 2. The summed E-state index contributed by atoms with van der Waals surface area (Å²) >= 11 is 0. The Hall–Kier alpha value is -2.10. The molecule has 0 bridgehead atoms. The van der Waals surface area contributed by atoms with E-state index >= 15 is 0 Å². The minimum Gasteiger partial charge on any atom is -0.461 e. The van der Waals surface area contributed by atoms with E-state index in [1.807, 2.05) is 16.7 Å². The minimum absolute atomic E-state index is 0.357. The standard InChI is InChI=1S/C17H22N2O2/c1-5-21-17(20)15-11-19(16(18-15)10-12(2)3)14-8-6-13(4)7-9-14/h6-9,11-12H,5,10H2,1-4H3. The average Bonchev–Trinajstić information content (AvgIpc) is 2.83. The van der Waals surface area contributed by atoms with E-state index in [1.165, 1.54) is 5.56 Å². The molecule has 0 aliphatic rings. The molecule has 0 fully saturated rings. The highest BCUT2D eigenvalue weighted by atomic mass is 16.5. The van der Waals surface area contributed by atoms with Gasteiger partial charge in [0.1, 0.15) is 5.82 Å². The van der Waals surface area contributed by atoms with Crippen LogP contribution in [0.2, 0.25) is 0 Å². The van der Waals surface area contributed by atoms with Crippen LogP contribution in [0, 0.1) is 12.8 Å². The molecule has 1 aromatic heterocycles. The number of imidazole rings is 1. The Morgan fingerprint density at radius 2 is 1.95 bits per heavy atom. The van der Waals surface area contributed by atoms with Crippen molar-refractivity contribution >= 4 is 5.97 Å². The Morgan fingerprint density at radius 3 is 2.52 bits per heavy atom. The lowest BCUT2D eigenvalue weighted by atomic mass is 10.1. The van der Waals surface area contributed by atoms with Crippen molar-refractivity contribution in [3.05, 3.63) is 47.5 Å². The number of aryl methyl sites for hydroxylation is 1. The molecule has 1 heterocycles. The van der Waals surface area contributed by atoms with Gasteiger partial charge in [0.15, 0.2) is 5.69 Å². The molecule has 4 nitrogen and oxygen atoms in total. The summed E-state index contributed by atoms with van der Waals surface area (Å²) in [4.78, 5) is 16.3. The number of esters is 1. The van der Waals surface area contributed by atoms with Gasteiger partial charge in [0.2, 0.25) is 0 Å². The largest absolute Gasteiger partial charge is 0.461 e. The van der Waals surface area contributed by atoms with E-state index in [-0.39, 0.29) is 5.97 Å². The lowest BCUT2D eigenvalue weighted by Gasteiger charge is -2.09. The van der Waals surface area contributed by atoms with Gasteiger partial charge in [-0.05, 0) is 31.9 Å². The highest BCUT2D eigenvalue weighted by Crippen LogP contribution is 2.17. The van der Waals surface area contributed by atoms with Gasteiger partial charge in [-0.1, -0.05) is 31.5 Å². The lowest BCUT2D eigenvalue weighted by molar-refractivity contribution is 0.0520. The number of carbonyl (C=O) groups excluding carboxylic acids is 1. The van der Waals surface area contributed by atoms with Crippen molar-refractivity contribution < 1.29 is 9.53 Å². The van der Waals surface area contributed by atoms with E-state index < -0.39 is 0 Å². The Labute approximate surface area is 125 Å². The molecule has 0 radical (unpaired) electrons. The van der Waals surface area contributed by atoms with E-state index in [9.17, 15) is 4.79 Å². The number of nitrogens with zero attached hydrogens (tertiary/aromatic N) is 2. The minimum atomic E-state index is -0.367. The van der Waals surface area contributed by atoms with Crippen LogP contribution in [0.3, 0.4) is 0 Å². The summed E-state index contributed by atoms with van der Waals surface area (Å²) < 4.78 is 7.02. The zero-order valence-electron chi connectivity index (χ0n) is 13.1. The average molecular weight is 286 g/mol. The second-order valence-corrected chi connectivity index (χ2v) is 5.57. The fourth-order valence-electron chi connectivity index (χ4n) is 2.16.